The van der Waals surface area contributed by atoms with Crippen LogP contribution in [-0.4, -0.2) is 0 Å². The van der Waals surface area contributed by atoms with Gasteiger partial charge in [0.25, 0.3) is 0 Å². The van der Waals surface area contributed by atoms with E-state index in [4.69, 9.17) is 0 Å². The van der Waals surface area contributed by atoms with Gasteiger partial charge in [-0.25, -0.2) is 0 Å². The van der Waals surface area contributed by atoms with Gasteiger partial charge in [-0.15, -0.1) is 0 Å². The van der Waals surface area contributed by atoms with Gasteiger partial charge in [-0.05, 0) is 25.7 Å². The van der Waals surface area contributed by atoms with E-state index in [1.54, 1.807) is 5.57 Å². The van der Waals surface area contributed by atoms with Crippen molar-refractivity contribution in [2.24, 2.45) is 5.92 Å². The van der Waals surface area contributed by atoms with Crippen LogP contribution in [0.2, 0.25) is 0 Å². The molecule has 0 aromatic rings. The molecule has 0 saturated heterocycles. The SMILES string of the molecule is CCCC=C(C)CC1CCC1. The molecule has 1 saturated carbocycles. The molecule has 0 aromatic heterocycles. The van der Waals surface area contributed by atoms with E-state index in [-0.39, 0.29) is 0 Å². The Kier molecular flexibility index (Phi) is 3.68. The molecule has 0 aliphatic heterocycles. The molecule has 0 heteroatoms. The molecule has 0 spiro atoms. The second-order valence-corrected chi connectivity index (χ2v) is 3.84. The molecule has 0 heterocycles. The third-order valence-electron chi connectivity index (χ3n) is 2.62. The van der Waals surface area contributed by atoms with Crippen molar-refractivity contribution in [1.82, 2.24) is 0 Å². The number of rotatable bonds is 4. The van der Waals surface area contributed by atoms with E-state index in [2.05, 4.69) is 19.9 Å². The van der Waals surface area contributed by atoms with Gasteiger partial charge in [0.15, 0.2) is 0 Å². The minimum Gasteiger partial charge on any atom is -0.0856 e. The van der Waals surface area contributed by atoms with Gasteiger partial charge in [-0.3, -0.25) is 0 Å². The number of unbranched alkanes of at least 4 members (excludes halogenated alkanes) is 1. The number of hydrogen-bond acceptors (Lipinski definition) is 0. The van der Waals surface area contributed by atoms with Crippen molar-refractivity contribution in [2.75, 3.05) is 0 Å². The Morgan fingerprint density at radius 2 is 2.18 bits per heavy atom. The van der Waals surface area contributed by atoms with Gasteiger partial charge in [-0.2, -0.15) is 0 Å². The Balaban J connectivity index is 2.12. The lowest BCUT2D eigenvalue weighted by Gasteiger charge is -2.25. The lowest BCUT2D eigenvalue weighted by molar-refractivity contribution is 0.313. The van der Waals surface area contributed by atoms with E-state index >= 15 is 0 Å². The molecule has 1 fully saturated rings. The summed E-state index contributed by atoms with van der Waals surface area (Å²) in [5.41, 5.74) is 1.62. The summed E-state index contributed by atoms with van der Waals surface area (Å²) in [7, 11) is 0. The molecule has 0 nitrogen and oxygen atoms in total. The van der Waals surface area contributed by atoms with E-state index in [1.165, 1.54) is 38.5 Å². The van der Waals surface area contributed by atoms with Crippen molar-refractivity contribution in [2.45, 2.75) is 52.4 Å². The average Bonchev–Trinajstić information content (AvgIpc) is 1.93. The first-order valence-electron chi connectivity index (χ1n) is 4.98. The fourth-order valence-corrected chi connectivity index (χ4v) is 1.63. The topological polar surface area (TPSA) is 0 Å². The first-order chi connectivity index (χ1) is 5.33. The highest BCUT2D eigenvalue weighted by atomic mass is 14.2. The molecule has 64 valence electrons. The maximum atomic E-state index is 2.42. The maximum absolute atomic E-state index is 2.42. The highest BCUT2D eigenvalue weighted by Crippen LogP contribution is 2.31. The lowest BCUT2D eigenvalue weighted by Crippen LogP contribution is -2.10. The predicted molar refractivity (Wildman–Crippen MR) is 50.6 cm³/mol. The predicted octanol–water partition coefficient (Wildman–Crippen LogP) is 3.92. The van der Waals surface area contributed by atoms with Crippen molar-refractivity contribution in [3.05, 3.63) is 11.6 Å². The summed E-state index contributed by atoms with van der Waals surface area (Å²) in [6.07, 6.45) is 10.8. The van der Waals surface area contributed by atoms with Crippen LogP contribution in [-0.2, 0) is 0 Å². The second kappa shape index (κ2) is 4.58. The molecule has 0 radical (unpaired) electrons. The Bertz CT molecular complexity index is 129. The van der Waals surface area contributed by atoms with E-state index < -0.39 is 0 Å². The monoisotopic (exact) mass is 152 g/mol. The quantitative estimate of drug-likeness (QED) is 0.535. The molecule has 0 bridgehead atoms. The van der Waals surface area contributed by atoms with Gasteiger partial charge >= 0.3 is 0 Å². The highest BCUT2D eigenvalue weighted by Gasteiger charge is 2.16. The van der Waals surface area contributed by atoms with Crippen LogP contribution in [0.4, 0.5) is 0 Å². The van der Waals surface area contributed by atoms with Crippen molar-refractivity contribution in [3.63, 3.8) is 0 Å². The summed E-state index contributed by atoms with van der Waals surface area (Å²) < 4.78 is 0. The largest absolute Gasteiger partial charge is 0.0856 e. The van der Waals surface area contributed by atoms with Gasteiger partial charge in [0.05, 0.1) is 0 Å². The third-order valence-corrected chi connectivity index (χ3v) is 2.62. The summed E-state index contributed by atoms with van der Waals surface area (Å²) in [5.74, 6) is 1.04. The zero-order chi connectivity index (χ0) is 8.10. The smallest absolute Gasteiger partial charge is 0.0295 e. The van der Waals surface area contributed by atoms with Crippen LogP contribution in [0.3, 0.4) is 0 Å². The molecule has 0 unspecified atom stereocenters. The van der Waals surface area contributed by atoms with Gasteiger partial charge in [0.2, 0.25) is 0 Å². The van der Waals surface area contributed by atoms with Gasteiger partial charge in [0.1, 0.15) is 0 Å². The average molecular weight is 152 g/mol. The Labute approximate surface area is 70.7 Å². The number of allylic oxidation sites excluding steroid dienone is 2. The van der Waals surface area contributed by atoms with Crippen molar-refractivity contribution in [1.29, 1.82) is 0 Å². The van der Waals surface area contributed by atoms with Crippen LogP contribution in [0.15, 0.2) is 11.6 Å². The van der Waals surface area contributed by atoms with Gasteiger partial charge in [0, 0.05) is 0 Å². The van der Waals surface area contributed by atoms with Crippen molar-refractivity contribution in [3.8, 4) is 0 Å². The summed E-state index contributed by atoms with van der Waals surface area (Å²) in [4.78, 5) is 0. The highest BCUT2D eigenvalue weighted by molar-refractivity contribution is 5.00. The van der Waals surface area contributed by atoms with E-state index in [9.17, 15) is 0 Å². The maximum Gasteiger partial charge on any atom is -0.0295 e. The lowest BCUT2D eigenvalue weighted by atomic mass is 9.81. The summed E-state index contributed by atoms with van der Waals surface area (Å²) in [6.45, 7) is 4.53. The minimum absolute atomic E-state index is 1.04. The van der Waals surface area contributed by atoms with Gasteiger partial charge < -0.3 is 0 Å². The van der Waals surface area contributed by atoms with Crippen LogP contribution < -0.4 is 0 Å². The zero-order valence-corrected chi connectivity index (χ0v) is 7.90. The molecule has 1 aliphatic carbocycles. The third kappa shape index (κ3) is 3.09. The molecule has 0 aromatic carbocycles. The minimum atomic E-state index is 1.04. The van der Waals surface area contributed by atoms with Crippen LogP contribution in [0, 0.1) is 5.92 Å². The molecule has 0 amide bonds. The zero-order valence-electron chi connectivity index (χ0n) is 7.90. The van der Waals surface area contributed by atoms with E-state index in [1.807, 2.05) is 0 Å². The first-order valence-corrected chi connectivity index (χ1v) is 4.98. The van der Waals surface area contributed by atoms with E-state index in [0.29, 0.717) is 0 Å². The summed E-state index contributed by atoms with van der Waals surface area (Å²) in [5, 5.41) is 0. The standard InChI is InChI=1S/C11H20/c1-3-4-6-10(2)9-11-7-5-8-11/h6,11H,3-5,7-9H2,1-2H3. The first kappa shape index (κ1) is 8.83. The Morgan fingerprint density at radius 1 is 1.45 bits per heavy atom. The fourth-order valence-electron chi connectivity index (χ4n) is 1.63. The van der Waals surface area contributed by atoms with Crippen LogP contribution in [0.5, 0.6) is 0 Å². The van der Waals surface area contributed by atoms with E-state index in [0.717, 1.165) is 5.92 Å². The molecule has 1 rings (SSSR count). The fraction of sp³-hybridized carbons (Fsp3) is 0.818. The molecule has 0 atom stereocenters. The summed E-state index contributed by atoms with van der Waals surface area (Å²) >= 11 is 0. The van der Waals surface area contributed by atoms with Crippen molar-refractivity contribution >= 4 is 0 Å². The second-order valence-electron chi connectivity index (χ2n) is 3.84. The normalized spacial score (nSPS) is 20.0. The van der Waals surface area contributed by atoms with Crippen molar-refractivity contribution < 1.29 is 0 Å². The van der Waals surface area contributed by atoms with Crippen LogP contribution in [0.25, 0.3) is 0 Å². The molecule has 0 N–H and O–H groups in total. The summed E-state index contributed by atoms with van der Waals surface area (Å²) in [6, 6.07) is 0. The number of hydrogen-bond donors (Lipinski definition) is 0. The molecular formula is C11H20. The Hall–Kier alpha value is -0.260. The van der Waals surface area contributed by atoms with Crippen LogP contribution >= 0.6 is 0 Å². The molecule has 11 heavy (non-hydrogen) atoms. The van der Waals surface area contributed by atoms with Crippen LogP contribution in [0.1, 0.15) is 52.4 Å². The molecule has 1 aliphatic rings. The Morgan fingerprint density at radius 3 is 2.64 bits per heavy atom. The molecular weight excluding hydrogens is 132 g/mol. The van der Waals surface area contributed by atoms with Gasteiger partial charge in [-0.1, -0.05) is 44.3 Å².